The summed E-state index contributed by atoms with van der Waals surface area (Å²) in [6, 6.07) is 8.58. The number of aromatic nitrogens is 1. The molecule has 34 heavy (non-hydrogen) atoms. The number of methoxy groups -OCH3 is 2. The molecule has 1 aliphatic rings. The van der Waals surface area contributed by atoms with Crippen LogP contribution in [0.1, 0.15) is 56.0 Å². The molecular weight excluding hydrogens is 430 g/mol. The third-order valence-electron chi connectivity index (χ3n) is 6.52. The number of hydrogen-bond donors (Lipinski definition) is 0. The molecule has 1 unspecified atom stereocenters. The van der Waals surface area contributed by atoms with Gasteiger partial charge in [0.1, 0.15) is 5.75 Å². The lowest BCUT2D eigenvalue weighted by Gasteiger charge is -2.36. The fraction of sp³-hybridized carbons (Fsp3) is 0.556. The first-order chi connectivity index (χ1) is 16.1. The van der Waals surface area contributed by atoms with Gasteiger partial charge >= 0.3 is 0 Å². The fourth-order valence-corrected chi connectivity index (χ4v) is 4.34. The Morgan fingerprint density at radius 3 is 2.62 bits per heavy atom. The van der Waals surface area contributed by atoms with E-state index in [0.29, 0.717) is 6.61 Å². The van der Waals surface area contributed by atoms with Gasteiger partial charge in [-0.15, -0.1) is 0 Å². The molecule has 1 aromatic heterocycles. The Morgan fingerprint density at radius 1 is 1.21 bits per heavy atom. The molecule has 0 N–H and O–H groups in total. The Labute approximate surface area is 203 Å². The lowest BCUT2D eigenvalue weighted by atomic mass is 9.78. The van der Waals surface area contributed by atoms with E-state index in [1.807, 2.05) is 46.0 Å². The zero-order valence-corrected chi connectivity index (χ0v) is 21.5. The van der Waals surface area contributed by atoms with Crippen LogP contribution in [-0.4, -0.2) is 50.0 Å². The Balaban J connectivity index is 1.61. The molecule has 0 bridgehead atoms. The Kier molecular flexibility index (Phi) is 8.06. The lowest BCUT2D eigenvalue weighted by molar-refractivity contribution is -0.181. The summed E-state index contributed by atoms with van der Waals surface area (Å²) >= 11 is 0. The first-order valence-corrected chi connectivity index (χ1v) is 11.7. The zero-order valence-electron chi connectivity index (χ0n) is 21.5. The maximum absolute atomic E-state index is 10.1. The molecule has 7 heteroatoms. The Hall–Kier alpha value is -2.82. The smallest absolute Gasteiger partial charge is 0.205 e. The second-order valence-corrected chi connectivity index (χ2v) is 9.65. The predicted octanol–water partition coefficient (Wildman–Crippen LogP) is 4.79. The fourth-order valence-electron chi connectivity index (χ4n) is 4.34. The second kappa shape index (κ2) is 10.6. The number of benzene rings is 1. The number of aryl methyl sites for hydroxylation is 1. The van der Waals surface area contributed by atoms with Crippen LogP contribution >= 0.6 is 0 Å². The lowest BCUT2D eigenvalue weighted by Crippen LogP contribution is -2.37. The van der Waals surface area contributed by atoms with Crippen LogP contribution in [0.2, 0.25) is 0 Å². The molecule has 0 amide bonds. The SMILES string of the molecule is COc1ccc(CCN(C)CCCC(C)(C#N)c2cnc(C)c3c2COC(C)(C)O3)cc1OC. The minimum absolute atomic E-state index is 0.420. The zero-order chi connectivity index (χ0) is 24.9. The largest absolute Gasteiger partial charge is 0.493 e. The molecule has 0 saturated carbocycles. The van der Waals surface area contributed by atoms with Gasteiger partial charge in [0, 0.05) is 32.2 Å². The summed E-state index contributed by atoms with van der Waals surface area (Å²) in [5.41, 5.74) is 3.21. The van der Waals surface area contributed by atoms with Crippen molar-refractivity contribution >= 4 is 0 Å². The highest BCUT2D eigenvalue weighted by atomic mass is 16.7. The van der Waals surface area contributed by atoms with Crippen molar-refractivity contribution in [1.82, 2.24) is 9.88 Å². The van der Waals surface area contributed by atoms with Gasteiger partial charge in [-0.1, -0.05) is 6.07 Å². The number of fused-ring (bicyclic) bond motifs is 1. The van der Waals surface area contributed by atoms with Gasteiger partial charge in [-0.3, -0.25) is 4.98 Å². The molecule has 1 aliphatic heterocycles. The molecule has 0 fully saturated rings. The molecule has 0 saturated heterocycles. The highest BCUT2D eigenvalue weighted by Crippen LogP contribution is 2.40. The molecule has 0 spiro atoms. The molecule has 1 atom stereocenters. The first kappa shape index (κ1) is 25.8. The van der Waals surface area contributed by atoms with Crippen molar-refractivity contribution in [3.63, 3.8) is 0 Å². The van der Waals surface area contributed by atoms with E-state index in [-0.39, 0.29) is 0 Å². The monoisotopic (exact) mass is 467 g/mol. The van der Waals surface area contributed by atoms with Crippen LogP contribution in [0.25, 0.3) is 0 Å². The van der Waals surface area contributed by atoms with E-state index in [4.69, 9.17) is 18.9 Å². The van der Waals surface area contributed by atoms with E-state index in [1.54, 1.807) is 14.2 Å². The quantitative estimate of drug-likeness (QED) is 0.497. The third-order valence-corrected chi connectivity index (χ3v) is 6.52. The summed E-state index contributed by atoms with van der Waals surface area (Å²) in [7, 11) is 5.41. The molecule has 0 radical (unpaired) electrons. The maximum Gasteiger partial charge on any atom is 0.205 e. The van der Waals surface area contributed by atoms with Gasteiger partial charge in [0.25, 0.3) is 0 Å². The van der Waals surface area contributed by atoms with Crippen molar-refractivity contribution in [1.29, 1.82) is 5.26 Å². The van der Waals surface area contributed by atoms with Crippen LogP contribution in [0.4, 0.5) is 0 Å². The normalized spacial score (nSPS) is 16.2. The molecule has 2 aromatic rings. The summed E-state index contributed by atoms with van der Waals surface area (Å²) in [6.07, 6.45) is 4.35. The third kappa shape index (κ3) is 5.81. The van der Waals surface area contributed by atoms with Gasteiger partial charge in [-0.25, -0.2) is 0 Å². The average Bonchev–Trinajstić information content (AvgIpc) is 2.82. The number of ether oxygens (including phenoxy) is 4. The van der Waals surface area contributed by atoms with Crippen molar-refractivity contribution in [3.05, 3.63) is 46.8 Å². The van der Waals surface area contributed by atoms with Gasteiger partial charge in [0.15, 0.2) is 11.5 Å². The maximum atomic E-state index is 10.1. The molecule has 0 aliphatic carbocycles. The highest BCUT2D eigenvalue weighted by molar-refractivity contribution is 5.48. The number of rotatable bonds is 10. The molecule has 3 rings (SSSR count). The summed E-state index contributed by atoms with van der Waals surface area (Å²) in [5.74, 6) is 1.54. The molecule has 184 valence electrons. The van der Waals surface area contributed by atoms with E-state index in [2.05, 4.69) is 29.1 Å². The minimum Gasteiger partial charge on any atom is -0.493 e. The summed E-state index contributed by atoms with van der Waals surface area (Å²) in [5, 5.41) is 10.1. The predicted molar refractivity (Wildman–Crippen MR) is 131 cm³/mol. The van der Waals surface area contributed by atoms with Crippen LogP contribution < -0.4 is 14.2 Å². The number of nitrogens with zero attached hydrogens (tertiary/aromatic N) is 3. The van der Waals surface area contributed by atoms with Crippen molar-refractivity contribution in [2.24, 2.45) is 0 Å². The van der Waals surface area contributed by atoms with E-state index >= 15 is 0 Å². The summed E-state index contributed by atoms with van der Waals surface area (Å²) in [6.45, 7) is 9.93. The van der Waals surface area contributed by atoms with Gasteiger partial charge in [-0.2, -0.15) is 5.26 Å². The van der Waals surface area contributed by atoms with Gasteiger partial charge in [0.2, 0.25) is 5.79 Å². The summed E-state index contributed by atoms with van der Waals surface area (Å²) < 4.78 is 22.7. The van der Waals surface area contributed by atoms with Crippen molar-refractivity contribution in [2.75, 3.05) is 34.4 Å². The summed E-state index contributed by atoms with van der Waals surface area (Å²) in [4.78, 5) is 6.84. The number of likely N-dealkylation sites (N-methyl/N-ethyl adjacent to an activating group) is 1. The molecule has 2 heterocycles. The second-order valence-electron chi connectivity index (χ2n) is 9.65. The van der Waals surface area contributed by atoms with Crippen molar-refractivity contribution in [3.8, 4) is 23.3 Å². The molecule has 1 aromatic carbocycles. The van der Waals surface area contributed by atoms with E-state index in [9.17, 15) is 5.26 Å². The van der Waals surface area contributed by atoms with Crippen molar-refractivity contribution in [2.45, 2.75) is 64.8 Å². The van der Waals surface area contributed by atoms with E-state index in [1.165, 1.54) is 5.56 Å². The first-order valence-electron chi connectivity index (χ1n) is 11.7. The topological polar surface area (TPSA) is 76.8 Å². The molecular formula is C27H37N3O4. The van der Waals surface area contributed by atoms with E-state index < -0.39 is 11.2 Å². The highest BCUT2D eigenvalue weighted by Gasteiger charge is 2.36. The van der Waals surface area contributed by atoms with Crippen LogP contribution in [0.15, 0.2) is 24.4 Å². The van der Waals surface area contributed by atoms with E-state index in [0.717, 1.165) is 66.4 Å². The van der Waals surface area contributed by atoms with Crippen LogP contribution in [0.3, 0.4) is 0 Å². The Bertz CT molecular complexity index is 1050. The van der Waals surface area contributed by atoms with Gasteiger partial charge in [-0.05, 0) is 70.0 Å². The minimum atomic E-state index is -0.697. The number of nitriles is 1. The molecule has 7 nitrogen and oxygen atoms in total. The van der Waals surface area contributed by atoms with Crippen LogP contribution in [0.5, 0.6) is 17.2 Å². The van der Waals surface area contributed by atoms with Gasteiger partial charge in [0.05, 0.1) is 38.0 Å². The number of hydrogen-bond acceptors (Lipinski definition) is 7. The van der Waals surface area contributed by atoms with Crippen molar-refractivity contribution < 1.29 is 18.9 Å². The average molecular weight is 468 g/mol. The van der Waals surface area contributed by atoms with Crippen LogP contribution in [-0.2, 0) is 23.2 Å². The van der Waals surface area contributed by atoms with Gasteiger partial charge < -0.3 is 23.8 Å². The van der Waals surface area contributed by atoms with Crippen LogP contribution in [0, 0.1) is 18.3 Å². The number of pyridine rings is 1. The standard InChI is InChI=1S/C27H37N3O4/c1-19-25-21(17-33-26(2,3)34-25)22(16-29-19)27(4,18-28)12-8-13-30(5)14-11-20-9-10-23(31-6)24(15-20)32-7/h9-10,15-16H,8,11-14,17H2,1-7H3. The Morgan fingerprint density at radius 2 is 1.94 bits per heavy atom.